The molecule has 0 amide bonds. The van der Waals surface area contributed by atoms with E-state index in [2.05, 4.69) is 21.9 Å². The second-order valence-corrected chi connectivity index (χ2v) is 4.20. The molecule has 1 aliphatic rings. The minimum Gasteiger partial charge on any atom is -0.382 e. The van der Waals surface area contributed by atoms with E-state index in [1.54, 1.807) is 12.4 Å². The molecule has 1 heterocycles. The Kier molecular flexibility index (Phi) is 3.04. The summed E-state index contributed by atoms with van der Waals surface area (Å²) in [6.07, 6.45) is 9.89. The smallest absolute Gasteiger partial charge is 0.149 e. The second-order valence-electron chi connectivity index (χ2n) is 4.20. The Hall–Kier alpha value is -1.32. The van der Waals surface area contributed by atoms with Crippen molar-refractivity contribution >= 4 is 11.6 Å². The van der Waals surface area contributed by atoms with Gasteiger partial charge in [0, 0.05) is 13.1 Å². The van der Waals surface area contributed by atoms with Crippen LogP contribution in [0.2, 0.25) is 0 Å². The highest BCUT2D eigenvalue weighted by Crippen LogP contribution is 2.24. The zero-order chi connectivity index (χ0) is 10.7. The number of rotatable bonds is 2. The molecule has 15 heavy (non-hydrogen) atoms. The molecule has 0 spiro atoms. The number of hydrogen-bond acceptors (Lipinski definition) is 4. The summed E-state index contributed by atoms with van der Waals surface area (Å²) in [6, 6.07) is 0.606. The normalized spacial score (nSPS) is 17.7. The van der Waals surface area contributed by atoms with Gasteiger partial charge in [-0.3, -0.25) is 4.98 Å². The van der Waals surface area contributed by atoms with Crippen LogP contribution in [-0.2, 0) is 0 Å². The largest absolute Gasteiger partial charge is 0.382 e. The fourth-order valence-corrected chi connectivity index (χ4v) is 2.20. The molecule has 1 fully saturated rings. The van der Waals surface area contributed by atoms with Gasteiger partial charge in [-0.1, -0.05) is 19.3 Å². The minimum atomic E-state index is 0.496. The van der Waals surface area contributed by atoms with Gasteiger partial charge in [-0.25, -0.2) is 4.98 Å². The Labute approximate surface area is 90.5 Å². The molecule has 82 valence electrons. The van der Waals surface area contributed by atoms with Gasteiger partial charge in [0.05, 0.1) is 12.4 Å². The fourth-order valence-electron chi connectivity index (χ4n) is 2.20. The van der Waals surface area contributed by atoms with Crippen molar-refractivity contribution in [3.05, 3.63) is 12.4 Å². The quantitative estimate of drug-likeness (QED) is 0.802. The van der Waals surface area contributed by atoms with Gasteiger partial charge in [0.25, 0.3) is 0 Å². The molecule has 0 radical (unpaired) electrons. The summed E-state index contributed by atoms with van der Waals surface area (Å²) in [6.45, 7) is 0. The van der Waals surface area contributed by atoms with Gasteiger partial charge in [0.2, 0.25) is 0 Å². The van der Waals surface area contributed by atoms with E-state index in [1.165, 1.54) is 32.1 Å². The zero-order valence-corrected chi connectivity index (χ0v) is 9.19. The Balaban J connectivity index is 2.08. The Morgan fingerprint density at radius 1 is 1.27 bits per heavy atom. The Bertz CT molecular complexity index is 320. The molecule has 2 rings (SSSR count). The van der Waals surface area contributed by atoms with Crippen LogP contribution in [0.3, 0.4) is 0 Å². The Morgan fingerprint density at radius 3 is 2.67 bits per heavy atom. The van der Waals surface area contributed by atoms with Crippen molar-refractivity contribution in [1.82, 2.24) is 9.97 Å². The van der Waals surface area contributed by atoms with Crippen molar-refractivity contribution in [2.45, 2.75) is 38.1 Å². The number of nitrogens with two attached hydrogens (primary N) is 1. The summed E-state index contributed by atoms with van der Waals surface area (Å²) >= 11 is 0. The maximum atomic E-state index is 5.63. The number of aromatic nitrogens is 2. The number of hydrogen-bond donors (Lipinski definition) is 1. The van der Waals surface area contributed by atoms with Gasteiger partial charge >= 0.3 is 0 Å². The second kappa shape index (κ2) is 4.47. The average Bonchev–Trinajstić information content (AvgIpc) is 2.29. The predicted molar refractivity (Wildman–Crippen MR) is 61.7 cm³/mol. The highest BCUT2D eigenvalue weighted by molar-refractivity contribution is 5.41. The summed E-state index contributed by atoms with van der Waals surface area (Å²) in [5.41, 5.74) is 5.63. The first-order chi connectivity index (χ1) is 7.27. The van der Waals surface area contributed by atoms with Crippen molar-refractivity contribution in [3.63, 3.8) is 0 Å². The van der Waals surface area contributed by atoms with Gasteiger partial charge in [-0.05, 0) is 12.8 Å². The van der Waals surface area contributed by atoms with Crippen molar-refractivity contribution in [2.24, 2.45) is 0 Å². The molecule has 2 N–H and O–H groups in total. The lowest BCUT2D eigenvalue weighted by atomic mass is 9.94. The van der Waals surface area contributed by atoms with Gasteiger partial charge < -0.3 is 10.6 Å². The van der Waals surface area contributed by atoms with Crippen LogP contribution >= 0.6 is 0 Å². The number of nitrogens with zero attached hydrogens (tertiary/aromatic N) is 3. The highest BCUT2D eigenvalue weighted by Gasteiger charge is 2.19. The first kappa shape index (κ1) is 10.2. The minimum absolute atomic E-state index is 0.496. The Morgan fingerprint density at radius 2 is 2.00 bits per heavy atom. The third-order valence-corrected chi connectivity index (χ3v) is 3.12. The van der Waals surface area contributed by atoms with Crippen molar-refractivity contribution in [2.75, 3.05) is 17.7 Å². The fraction of sp³-hybridized carbons (Fsp3) is 0.636. The van der Waals surface area contributed by atoms with Crippen LogP contribution in [0.5, 0.6) is 0 Å². The molecule has 4 heteroatoms. The lowest BCUT2D eigenvalue weighted by Crippen LogP contribution is -2.34. The van der Waals surface area contributed by atoms with E-state index in [4.69, 9.17) is 5.73 Å². The summed E-state index contributed by atoms with van der Waals surface area (Å²) in [4.78, 5) is 10.6. The lowest BCUT2D eigenvalue weighted by molar-refractivity contribution is 0.426. The first-order valence-electron chi connectivity index (χ1n) is 5.58. The van der Waals surface area contributed by atoms with Gasteiger partial charge in [0.15, 0.2) is 0 Å². The van der Waals surface area contributed by atoms with Crippen LogP contribution < -0.4 is 10.6 Å². The summed E-state index contributed by atoms with van der Waals surface area (Å²) in [7, 11) is 2.08. The molecular weight excluding hydrogens is 188 g/mol. The molecule has 0 unspecified atom stereocenters. The van der Waals surface area contributed by atoms with E-state index >= 15 is 0 Å². The molecule has 0 bridgehead atoms. The molecule has 1 saturated carbocycles. The average molecular weight is 206 g/mol. The molecule has 0 saturated heterocycles. The van der Waals surface area contributed by atoms with Crippen LogP contribution in [0.15, 0.2) is 12.4 Å². The molecule has 0 atom stereocenters. The summed E-state index contributed by atoms with van der Waals surface area (Å²) in [5.74, 6) is 1.39. The van der Waals surface area contributed by atoms with Crippen LogP contribution in [0, 0.1) is 0 Å². The molecule has 1 aromatic rings. The van der Waals surface area contributed by atoms with E-state index < -0.39 is 0 Å². The predicted octanol–water partition coefficient (Wildman–Crippen LogP) is 1.83. The van der Waals surface area contributed by atoms with E-state index in [-0.39, 0.29) is 0 Å². The van der Waals surface area contributed by atoms with E-state index in [9.17, 15) is 0 Å². The van der Waals surface area contributed by atoms with Crippen molar-refractivity contribution in [3.8, 4) is 0 Å². The topological polar surface area (TPSA) is 55.0 Å². The maximum Gasteiger partial charge on any atom is 0.149 e. The lowest BCUT2D eigenvalue weighted by Gasteiger charge is -2.31. The van der Waals surface area contributed by atoms with Gasteiger partial charge in [-0.15, -0.1) is 0 Å². The standard InChI is InChI=1S/C11H18N4/c1-15(9-5-3-2-4-6-9)11-8-13-7-10(12)14-11/h7-9H,2-6H2,1H3,(H2,12,14). The molecular formula is C11H18N4. The third-order valence-electron chi connectivity index (χ3n) is 3.12. The van der Waals surface area contributed by atoms with Gasteiger partial charge in [-0.2, -0.15) is 0 Å². The van der Waals surface area contributed by atoms with E-state index in [1.807, 2.05) is 0 Å². The molecule has 0 aliphatic heterocycles. The van der Waals surface area contributed by atoms with Gasteiger partial charge in [0.1, 0.15) is 11.6 Å². The summed E-state index contributed by atoms with van der Waals surface area (Å²) in [5, 5.41) is 0. The summed E-state index contributed by atoms with van der Waals surface area (Å²) < 4.78 is 0. The first-order valence-corrected chi connectivity index (χ1v) is 5.58. The van der Waals surface area contributed by atoms with E-state index in [0.717, 1.165) is 5.82 Å². The maximum absolute atomic E-state index is 5.63. The number of nitrogen functional groups attached to an aromatic ring is 1. The van der Waals surface area contributed by atoms with Crippen LogP contribution in [0.1, 0.15) is 32.1 Å². The molecule has 1 aromatic heterocycles. The van der Waals surface area contributed by atoms with E-state index in [0.29, 0.717) is 11.9 Å². The third kappa shape index (κ3) is 2.37. The molecule has 1 aliphatic carbocycles. The highest BCUT2D eigenvalue weighted by atomic mass is 15.2. The SMILES string of the molecule is CN(c1cncc(N)n1)C1CCCCC1. The zero-order valence-electron chi connectivity index (χ0n) is 9.19. The molecule has 4 nitrogen and oxygen atoms in total. The number of anilines is 2. The van der Waals surface area contributed by atoms with Crippen molar-refractivity contribution in [1.29, 1.82) is 0 Å². The monoisotopic (exact) mass is 206 g/mol. The van der Waals surface area contributed by atoms with Crippen LogP contribution in [0.4, 0.5) is 11.6 Å². The van der Waals surface area contributed by atoms with Crippen LogP contribution in [0.25, 0.3) is 0 Å². The molecule has 0 aromatic carbocycles. The van der Waals surface area contributed by atoms with Crippen molar-refractivity contribution < 1.29 is 0 Å². The van der Waals surface area contributed by atoms with Crippen LogP contribution in [-0.4, -0.2) is 23.1 Å².